The highest BCUT2D eigenvalue weighted by Gasteiger charge is 2.23. The van der Waals surface area contributed by atoms with E-state index in [1.54, 1.807) is 36.4 Å². The molecule has 2 rings (SSSR count). The molecule has 1 N–H and O–H groups in total. The van der Waals surface area contributed by atoms with E-state index in [9.17, 15) is 9.90 Å². The van der Waals surface area contributed by atoms with Crippen LogP contribution in [0.4, 0.5) is 0 Å². The number of hydrogen-bond donors (Lipinski definition) is 1. The van der Waals surface area contributed by atoms with Crippen molar-refractivity contribution in [3.8, 4) is 17.2 Å². The van der Waals surface area contributed by atoms with Crippen LogP contribution in [0.3, 0.4) is 0 Å². The van der Waals surface area contributed by atoms with Crippen LogP contribution in [-0.4, -0.2) is 32.2 Å². The molecule has 24 heavy (non-hydrogen) atoms. The molecule has 0 aromatic heterocycles. The second kappa shape index (κ2) is 8.04. The van der Waals surface area contributed by atoms with Crippen molar-refractivity contribution in [3.63, 3.8) is 0 Å². The topological polar surface area (TPSA) is 65.0 Å². The van der Waals surface area contributed by atoms with Crippen LogP contribution < -0.4 is 14.2 Å². The van der Waals surface area contributed by atoms with Crippen molar-refractivity contribution in [3.05, 3.63) is 52.5 Å². The molecule has 128 valence electrons. The molecule has 0 aliphatic rings. The third-order valence-electron chi connectivity index (χ3n) is 3.65. The first-order valence-electron chi connectivity index (χ1n) is 7.28. The highest BCUT2D eigenvalue weighted by Crippen LogP contribution is 2.40. The van der Waals surface area contributed by atoms with Crippen molar-refractivity contribution in [1.29, 1.82) is 0 Å². The van der Waals surface area contributed by atoms with Crippen LogP contribution in [0.25, 0.3) is 0 Å². The smallest absolute Gasteiger partial charge is 0.204 e. The molecular weight excluding hydrogens is 332 g/mol. The van der Waals surface area contributed by atoms with E-state index < -0.39 is 6.10 Å². The van der Waals surface area contributed by atoms with Gasteiger partial charge in [0.1, 0.15) is 0 Å². The highest BCUT2D eigenvalue weighted by molar-refractivity contribution is 6.31. The molecule has 0 amide bonds. The molecule has 0 saturated carbocycles. The van der Waals surface area contributed by atoms with Gasteiger partial charge in [0.25, 0.3) is 0 Å². The van der Waals surface area contributed by atoms with Gasteiger partial charge in [0.05, 0.1) is 33.0 Å². The second-order valence-corrected chi connectivity index (χ2v) is 5.45. The molecule has 0 bridgehead atoms. The average Bonchev–Trinajstić information content (AvgIpc) is 2.60. The number of ketones is 1. The van der Waals surface area contributed by atoms with Crippen molar-refractivity contribution < 1.29 is 24.1 Å². The zero-order valence-corrected chi connectivity index (χ0v) is 14.5. The Labute approximate surface area is 145 Å². The molecular formula is C18H19ClO5. The molecule has 0 radical (unpaired) electrons. The molecule has 0 aliphatic heterocycles. The van der Waals surface area contributed by atoms with Crippen LogP contribution in [-0.2, 0) is 0 Å². The summed E-state index contributed by atoms with van der Waals surface area (Å²) in [6.07, 6.45) is -1.14. The minimum Gasteiger partial charge on any atom is -0.493 e. The van der Waals surface area contributed by atoms with Crippen molar-refractivity contribution in [1.82, 2.24) is 0 Å². The number of Topliss-reactive ketones (excluding diaryl/α,β-unsaturated/α-hetero) is 1. The summed E-state index contributed by atoms with van der Waals surface area (Å²) >= 11 is 6.06. The van der Waals surface area contributed by atoms with Crippen LogP contribution >= 0.6 is 11.6 Å². The largest absolute Gasteiger partial charge is 0.493 e. The van der Waals surface area contributed by atoms with Gasteiger partial charge in [-0.15, -0.1) is 0 Å². The molecule has 0 aliphatic carbocycles. The van der Waals surface area contributed by atoms with Crippen LogP contribution in [0.5, 0.6) is 17.2 Å². The fourth-order valence-electron chi connectivity index (χ4n) is 2.46. The van der Waals surface area contributed by atoms with Gasteiger partial charge in [0, 0.05) is 11.4 Å². The Morgan fingerprint density at radius 2 is 1.71 bits per heavy atom. The maximum absolute atomic E-state index is 12.6. The third kappa shape index (κ3) is 3.63. The third-order valence-corrected chi connectivity index (χ3v) is 3.99. The van der Waals surface area contributed by atoms with Gasteiger partial charge < -0.3 is 19.3 Å². The number of carbonyl (C=O) groups excluding carboxylic acids is 1. The normalized spacial score (nSPS) is 11.7. The fourth-order valence-corrected chi connectivity index (χ4v) is 2.72. The van der Waals surface area contributed by atoms with Gasteiger partial charge in [-0.05, 0) is 23.8 Å². The monoisotopic (exact) mass is 350 g/mol. The number of ether oxygens (including phenoxy) is 3. The highest BCUT2D eigenvalue weighted by atomic mass is 35.5. The molecule has 2 aromatic carbocycles. The second-order valence-electron chi connectivity index (χ2n) is 5.05. The van der Waals surface area contributed by atoms with E-state index in [1.807, 2.05) is 0 Å². The maximum Gasteiger partial charge on any atom is 0.204 e. The lowest BCUT2D eigenvalue weighted by molar-refractivity contribution is 0.0876. The fraction of sp³-hybridized carbons (Fsp3) is 0.278. The number of benzene rings is 2. The van der Waals surface area contributed by atoms with Crippen molar-refractivity contribution >= 4 is 17.4 Å². The Hall–Kier alpha value is -2.24. The first-order valence-corrected chi connectivity index (χ1v) is 7.65. The lowest BCUT2D eigenvalue weighted by atomic mass is 9.99. The summed E-state index contributed by atoms with van der Waals surface area (Å²) in [5.74, 6) is 0.768. The molecule has 0 fully saturated rings. The van der Waals surface area contributed by atoms with Crippen molar-refractivity contribution in [2.24, 2.45) is 0 Å². The first-order chi connectivity index (χ1) is 11.5. The number of aliphatic hydroxyl groups is 1. The van der Waals surface area contributed by atoms with Gasteiger partial charge in [-0.2, -0.15) is 0 Å². The molecule has 6 heteroatoms. The van der Waals surface area contributed by atoms with E-state index in [-0.39, 0.29) is 18.0 Å². The quantitative estimate of drug-likeness (QED) is 0.772. The molecule has 0 heterocycles. The minimum atomic E-state index is -1.01. The Kier molecular flexibility index (Phi) is 6.06. The lowest BCUT2D eigenvalue weighted by Crippen LogP contribution is -2.10. The minimum absolute atomic E-state index is 0.129. The standard InChI is InChI=1S/C18H19ClO5/c1-22-16-9-8-12(17(23-2)18(16)24-3)15(21)10-14(20)11-6-4-5-7-13(11)19/h4-9,14,20H,10H2,1-3H3. The maximum atomic E-state index is 12.6. The van der Waals surface area contributed by atoms with E-state index >= 15 is 0 Å². The molecule has 0 saturated heterocycles. The van der Waals surface area contributed by atoms with Gasteiger partial charge in [-0.25, -0.2) is 0 Å². The Balaban J connectivity index is 2.31. The Morgan fingerprint density at radius 1 is 1.04 bits per heavy atom. The predicted molar refractivity (Wildman–Crippen MR) is 91.5 cm³/mol. The van der Waals surface area contributed by atoms with E-state index in [0.29, 0.717) is 27.6 Å². The van der Waals surface area contributed by atoms with Crippen LogP contribution in [0.15, 0.2) is 36.4 Å². The summed E-state index contributed by atoms with van der Waals surface area (Å²) in [4.78, 5) is 12.6. The van der Waals surface area contributed by atoms with Gasteiger partial charge in [-0.1, -0.05) is 29.8 Å². The lowest BCUT2D eigenvalue weighted by Gasteiger charge is -2.16. The van der Waals surface area contributed by atoms with E-state index in [4.69, 9.17) is 25.8 Å². The summed E-state index contributed by atoms with van der Waals surface area (Å²) in [5, 5.41) is 10.7. The molecule has 1 unspecified atom stereocenters. The molecule has 0 spiro atoms. The van der Waals surface area contributed by atoms with Crippen LogP contribution in [0, 0.1) is 0 Å². The number of halogens is 1. The van der Waals surface area contributed by atoms with Gasteiger partial charge >= 0.3 is 0 Å². The van der Waals surface area contributed by atoms with Gasteiger partial charge in [-0.3, -0.25) is 4.79 Å². The van der Waals surface area contributed by atoms with Crippen molar-refractivity contribution in [2.45, 2.75) is 12.5 Å². The van der Waals surface area contributed by atoms with Crippen molar-refractivity contribution in [2.75, 3.05) is 21.3 Å². The molecule has 1 atom stereocenters. The first kappa shape index (κ1) is 18.1. The van der Waals surface area contributed by atoms with Gasteiger partial charge in [0.2, 0.25) is 5.75 Å². The Morgan fingerprint density at radius 3 is 2.29 bits per heavy atom. The van der Waals surface area contributed by atoms with Gasteiger partial charge in [0.15, 0.2) is 17.3 Å². The average molecular weight is 351 g/mol. The summed E-state index contributed by atoms with van der Waals surface area (Å²) in [5.41, 5.74) is 0.813. The molecule has 5 nitrogen and oxygen atoms in total. The Bertz CT molecular complexity index is 729. The number of hydrogen-bond acceptors (Lipinski definition) is 5. The van der Waals surface area contributed by atoms with Crippen LogP contribution in [0.2, 0.25) is 5.02 Å². The zero-order valence-electron chi connectivity index (χ0n) is 13.7. The summed E-state index contributed by atoms with van der Waals surface area (Å²) in [7, 11) is 4.41. The number of rotatable bonds is 7. The summed E-state index contributed by atoms with van der Waals surface area (Å²) in [6, 6.07) is 10.1. The zero-order chi connectivity index (χ0) is 17.7. The number of carbonyl (C=O) groups is 1. The van der Waals surface area contributed by atoms with Crippen LogP contribution in [0.1, 0.15) is 28.4 Å². The predicted octanol–water partition coefficient (Wildman–Crippen LogP) is 3.67. The SMILES string of the molecule is COc1ccc(C(=O)CC(O)c2ccccc2Cl)c(OC)c1OC. The summed E-state index contributed by atoms with van der Waals surface area (Å²) in [6.45, 7) is 0. The number of methoxy groups -OCH3 is 3. The van der Waals surface area contributed by atoms with E-state index in [2.05, 4.69) is 0 Å². The van der Waals surface area contributed by atoms with E-state index in [1.165, 1.54) is 21.3 Å². The summed E-state index contributed by atoms with van der Waals surface area (Å²) < 4.78 is 15.8. The number of aliphatic hydroxyl groups excluding tert-OH is 1. The molecule has 2 aromatic rings. The van der Waals surface area contributed by atoms with E-state index in [0.717, 1.165) is 0 Å².